The van der Waals surface area contributed by atoms with Crippen molar-refractivity contribution in [1.82, 2.24) is 24.5 Å². The van der Waals surface area contributed by atoms with Crippen molar-refractivity contribution in [1.29, 1.82) is 0 Å². The highest BCUT2D eigenvalue weighted by molar-refractivity contribution is 5.77. The third-order valence-corrected chi connectivity index (χ3v) is 5.15. The Labute approximate surface area is 157 Å². The first-order valence-electron chi connectivity index (χ1n) is 9.22. The number of fused-ring (bicyclic) bond motifs is 1. The van der Waals surface area contributed by atoms with Gasteiger partial charge in [-0.1, -0.05) is 12.1 Å². The molecule has 2 heterocycles. The van der Waals surface area contributed by atoms with E-state index in [1.807, 2.05) is 18.7 Å². The van der Waals surface area contributed by atoms with E-state index < -0.39 is 0 Å². The van der Waals surface area contributed by atoms with Crippen LogP contribution in [0.5, 0.6) is 0 Å². The minimum Gasteiger partial charge on any atom is -0.335 e. The van der Waals surface area contributed by atoms with E-state index in [9.17, 15) is 9.18 Å². The van der Waals surface area contributed by atoms with Gasteiger partial charge in [-0.15, -0.1) is 0 Å². The van der Waals surface area contributed by atoms with Crippen molar-refractivity contribution in [2.45, 2.75) is 52.1 Å². The predicted octanol–water partition coefficient (Wildman–Crippen LogP) is 3.00. The normalized spacial score (nSPS) is 13.9. The molecule has 0 saturated heterocycles. The largest absolute Gasteiger partial charge is 0.335 e. The van der Waals surface area contributed by atoms with Crippen LogP contribution in [0.1, 0.15) is 41.8 Å². The molecule has 0 bridgehead atoms. The number of amides is 1. The van der Waals surface area contributed by atoms with E-state index in [-0.39, 0.29) is 11.7 Å². The number of aryl methyl sites for hydroxylation is 2. The molecule has 1 fully saturated rings. The van der Waals surface area contributed by atoms with Crippen molar-refractivity contribution >= 4 is 11.7 Å². The van der Waals surface area contributed by atoms with Crippen LogP contribution in [-0.2, 0) is 17.8 Å². The van der Waals surface area contributed by atoms with Gasteiger partial charge in [-0.2, -0.15) is 10.1 Å². The quantitative estimate of drug-likeness (QED) is 0.672. The molecule has 0 radical (unpaired) electrons. The van der Waals surface area contributed by atoms with Crippen molar-refractivity contribution in [2.24, 2.45) is 0 Å². The summed E-state index contributed by atoms with van der Waals surface area (Å²) in [6, 6.07) is 6.68. The average Bonchev–Trinajstić information content (AvgIpc) is 3.38. The molecule has 1 aliphatic rings. The van der Waals surface area contributed by atoms with E-state index in [1.54, 1.807) is 16.6 Å². The maximum absolute atomic E-state index is 13.1. The lowest BCUT2D eigenvalue weighted by Crippen LogP contribution is -2.32. The van der Waals surface area contributed by atoms with Crippen LogP contribution < -0.4 is 0 Å². The standard InChI is InChI=1S/C20H22FN5O/c1-13-18(14(2)26-20(24-13)22-12-23-26)9-10-19(27)25(17-7-8-17)11-15-3-5-16(21)6-4-15/h3-6,12,17H,7-11H2,1-2H3. The van der Waals surface area contributed by atoms with Crippen LogP contribution in [0.3, 0.4) is 0 Å². The van der Waals surface area contributed by atoms with Crippen molar-refractivity contribution in [2.75, 3.05) is 0 Å². The van der Waals surface area contributed by atoms with Crippen molar-refractivity contribution in [3.63, 3.8) is 0 Å². The van der Waals surface area contributed by atoms with Gasteiger partial charge in [-0.05, 0) is 56.4 Å². The fourth-order valence-corrected chi connectivity index (χ4v) is 3.49. The molecule has 1 saturated carbocycles. The zero-order valence-electron chi connectivity index (χ0n) is 15.5. The molecule has 27 heavy (non-hydrogen) atoms. The van der Waals surface area contributed by atoms with Gasteiger partial charge < -0.3 is 4.90 Å². The highest BCUT2D eigenvalue weighted by atomic mass is 19.1. The maximum atomic E-state index is 13.1. The summed E-state index contributed by atoms with van der Waals surface area (Å²) in [6.07, 6.45) is 4.60. The molecule has 0 unspecified atom stereocenters. The van der Waals surface area contributed by atoms with E-state index >= 15 is 0 Å². The maximum Gasteiger partial charge on any atom is 0.252 e. The number of halogens is 1. The minimum atomic E-state index is -0.259. The lowest BCUT2D eigenvalue weighted by Gasteiger charge is -2.23. The second kappa shape index (κ2) is 7.06. The first kappa shape index (κ1) is 17.6. The summed E-state index contributed by atoms with van der Waals surface area (Å²) >= 11 is 0. The van der Waals surface area contributed by atoms with Crippen LogP contribution in [0.4, 0.5) is 4.39 Å². The zero-order valence-corrected chi connectivity index (χ0v) is 15.5. The average molecular weight is 367 g/mol. The summed E-state index contributed by atoms with van der Waals surface area (Å²) < 4.78 is 14.8. The number of carbonyl (C=O) groups is 1. The lowest BCUT2D eigenvalue weighted by molar-refractivity contribution is -0.132. The van der Waals surface area contributed by atoms with Crippen LogP contribution in [-0.4, -0.2) is 36.4 Å². The summed E-state index contributed by atoms with van der Waals surface area (Å²) in [5, 5.41) is 4.20. The van der Waals surface area contributed by atoms with Gasteiger partial charge in [0.05, 0.1) is 0 Å². The van der Waals surface area contributed by atoms with Gasteiger partial charge in [-0.3, -0.25) is 4.79 Å². The summed E-state index contributed by atoms with van der Waals surface area (Å²) in [4.78, 5) is 23.4. The van der Waals surface area contributed by atoms with Gasteiger partial charge in [0.2, 0.25) is 5.91 Å². The number of hydrogen-bond acceptors (Lipinski definition) is 4. The monoisotopic (exact) mass is 367 g/mol. The van der Waals surface area contributed by atoms with Crippen LogP contribution in [0, 0.1) is 19.7 Å². The van der Waals surface area contributed by atoms with E-state index in [0.29, 0.717) is 31.2 Å². The van der Waals surface area contributed by atoms with Crippen LogP contribution in [0.2, 0.25) is 0 Å². The van der Waals surface area contributed by atoms with Crippen LogP contribution in [0.25, 0.3) is 5.78 Å². The molecule has 2 aromatic heterocycles. The first-order valence-corrected chi connectivity index (χ1v) is 9.22. The van der Waals surface area contributed by atoms with Gasteiger partial charge in [0.1, 0.15) is 12.1 Å². The molecule has 1 amide bonds. The predicted molar refractivity (Wildman–Crippen MR) is 98.5 cm³/mol. The van der Waals surface area contributed by atoms with Gasteiger partial charge >= 0.3 is 0 Å². The summed E-state index contributed by atoms with van der Waals surface area (Å²) in [5.74, 6) is 0.445. The molecule has 4 rings (SSSR count). The number of carbonyl (C=O) groups excluding carboxylic acids is 1. The molecule has 1 aromatic carbocycles. The van der Waals surface area contributed by atoms with Crippen molar-refractivity contribution in [3.05, 3.63) is 58.9 Å². The second-order valence-electron chi connectivity index (χ2n) is 7.11. The second-order valence-corrected chi connectivity index (χ2v) is 7.11. The number of nitrogens with zero attached hydrogens (tertiary/aromatic N) is 5. The highest BCUT2D eigenvalue weighted by Crippen LogP contribution is 2.29. The van der Waals surface area contributed by atoms with Gasteiger partial charge in [0.15, 0.2) is 0 Å². The topological polar surface area (TPSA) is 63.4 Å². The third-order valence-electron chi connectivity index (χ3n) is 5.15. The first-order chi connectivity index (χ1) is 13.0. The Morgan fingerprint density at radius 3 is 2.70 bits per heavy atom. The molecule has 140 valence electrons. The smallest absolute Gasteiger partial charge is 0.252 e. The Kier molecular flexibility index (Phi) is 4.59. The van der Waals surface area contributed by atoms with E-state index in [4.69, 9.17) is 0 Å². The fraction of sp³-hybridized carbons (Fsp3) is 0.400. The van der Waals surface area contributed by atoms with Gasteiger partial charge in [-0.25, -0.2) is 13.9 Å². The Bertz CT molecular complexity index is 978. The highest BCUT2D eigenvalue weighted by Gasteiger charge is 2.32. The fourth-order valence-electron chi connectivity index (χ4n) is 3.49. The van der Waals surface area contributed by atoms with E-state index in [2.05, 4.69) is 15.1 Å². The Morgan fingerprint density at radius 1 is 1.26 bits per heavy atom. The number of hydrogen-bond donors (Lipinski definition) is 0. The molecule has 0 aliphatic heterocycles. The Hall–Kier alpha value is -2.83. The zero-order chi connectivity index (χ0) is 19.0. The molecule has 3 aromatic rings. The molecule has 6 nitrogen and oxygen atoms in total. The number of benzene rings is 1. The van der Waals surface area contributed by atoms with Crippen molar-refractivity contribution < 1.29 is 9.18 Å². The summed E-state index contributed by atoms with van der Waals surface area (Å²) in [7, 11) is 0. The molecule has 0 N–H and O–H groups in total. The Balaban J connectivity index is 1.48. The summed E-state index contributed by atoms with van der Waals surface area (Å²) in [6.45, 7) is 4.45. The van der Waals surface area contributed by atoms with Crippen molar-refractivity contribution in [3.8, 4) is 0 Å². The Morgan fingerprint density at radius 2 is 2.00 bits per heavy atom. The minimum absolute atomic E-state index is 0.124. The van der Waals surface area contributed by atoms with E-state index in [1.165, 1.54) is 18.5 Å². The van der Waals surface area contributed by atoms with Crippen LogP contribution >= 0.6 is 0 Å². The summed E-state index contributed by atoms with van der Waals surface area (Å²) in [5.41, 5.74) is 3.85. The van der Waals surface area contributed by atoms with Crippen LogP contribution in [0.15, 0.2) is 30.6 Å². The molecule has 0 spiro atoms. The number of rotatable bonds is 6. The lowest BCUT2D eigenvalue weighted by atomic mass is 10.1. The van der Waals surface area contributed by atoms with Gasteiger partial charge in [0.25, 0.3) is 5.78 Å². The third kappa shape index (κ3) is 3.67. The number of aromatic nitrogens is 4. The molecule has 7 heteroatoms. The molecule has 1 aliphatic carbocycles. The molecule has 0 atom stereocenters. The molecular weight excluding hydrogens is 345 g/mol. The van der Waals surface area contributed by atoms with E-state index in [0.717, 1.165) is 35.4 Å². The SMILES string of the molecule is Cc1nc2ncnn2c(C)c1CCC(=O)N(Cc1ccc(F)cc1)C1CC1. The van der Waals surface area contributed by atoms with Gasteiger partial charge in [0, 0.05) is 30.4 Å². The molecular formula is C20H22FN5O.